The Hall–Kier alpha value is -3.28. The van der Waals surface area contributed by atoms with Gasteiger partial charge in [0.05, 0.1) is 0 Å². The Morgan fingerprint density at radius 1 is 0.553 bits per heavy atom. The number of unbranched alkanes of at least 4 members (excludes halogenated alkanes) is 10. The maximum atomic E-state index is 11.6. The van der Waals surface area contributed by atoms with Crippen molar-refractivity contribution in [3.63, 3.8) is 0 Å². The molecule has 0 unspecified atom stereocenters. The average molecular weight is 525 g/mol. The minimum atomic E-state index is -0.131. The number of nitrogens with zero attached hydrogens (tertiary/aromatic N) is 2. The Balaban J connectivity index is 0.000000620. The van der Waals surface area contributed by atoms with Gasteiger partial charge in [-0.2, -0.15) is 9.48 Å². The summed E-state index contributed by atoms with van der Waals surface area (Å²) in [6, 6.07) is 17.7. The first-order valence-electron chi connectivity index (χ1n) is 14.0. The van der Waals surface area contributed by atoms with Crippen molar-refractivity contribution in [3.8, 4) is 0 Å². The molecule has 0 saturated heterocycles. The minimum Gasteiger partial charge on any atom is -0.619 e. The van der Waals surface area contributed by atoms with Gasteiger partial charge in [-0.15, -0.1) is 0 Å². The van der Waals surface area contributed by atoms with E-state index in [1.165, 1.54) is 51.4 Å². The van der Waals surface area contributed by atoms with Crippen LogP contribution >= 0.6 is 0 Å². The van der Waals surface area contributed by atoms with Crippen molar-refractivity contribution in [3.05, 3.63) is 71.1 Å². The molecule has 38 heavy (non-hydrogen) atoms. The van der Waals surface area contributed by atoms with Crippen LogP contribution in [0.5, 0.6) is 0 Å². The zero-order chi connectivity index (χ0) is 28.4. The Kier molecular flexibility index (Phi) is 22.0. The van der Waals surface area contributed by atoms with E-state index < -0.39 is 0 Å². The zero-order valence-corrected chi connectivity index (χ0v) is 23.6. The summed E-state index contributed by atoms with van der Waals surface area (Å²) >= 11 is 0. The summed E-state index contributed by atoms with van der Waals surface area (Å²) in [4.78, 5) is 23.3. The van der Waals surface area contributed by atoms with Gasteiger partial charge in [-0.1, -0.05) is 114 Å². The second-order valence-corrected chi connectivity index (χ2v) is 9.31. The number of hydrogen-bond acceptors (Lipinski definition) is 4. The lowest BCUT2D eigenvalue weighted by atomic mass is 10.0. The van der Waals surface area contributed by atoms with Crippen molar-refractivity contribution in [1.29, 1.82) is 0 Å². The van der Waals surface area contributed by atoms with E-state index in [9.17, 15) is 20.0 Å². The van der Waals surface area contributed by atoms with Gasteiger partial charge in [0.15, 0.2) is 11.6 Å². The third-order valence-corrected chi connectivity index (χ3v) is 5.91. The molecule has 0 aliphatic heterocycles. The summed E-state index contributed by atoms with van der Waals surface area (Å²) in [6.45, 7) is 10.8. The normalized spacial score (nSPS) is 9.84. The predicted molar refractivity (Wildman–Crippen MR) is 160 cm³/mol. The van der Waals surface area contributed by atoms with Gasteiger partial charge in [0.2, 0.25) is 11.4 Å². The number of para-hydroxylation sites is 2. The van der Waals surface area contributed by atoms with Gasteiger partial charge in [0, 0.05) is 37.1 Å². The zero-order valence-electron chi connectivity index (χ0n) is 23.6. The van der Waals surface area contributed by atoms with E-state index in [0.29, 0.717) is 33.7 Å². The number of carbonyl (C=O) groups excluding carboxylic acids is 2. The standard InChI is InChI=1S/C18H34O2.2C7H7NO/c1-3-5-7-9-11-13-15-17(19)18(20)16-14-12-10-8-6-4-2;2*1-8(9)7-5-3-2-4-6-7/h3-16H2,1-2H3;2*2-6H,1H2. The number of ketones is 2. The second kappa shape index (κ2) is 24.1. The van der Waals surface area contributed by atoms with Gasteiger partial charge < -0.3 is 10.4 Å². The van der Waals surface area contributed by atoms with Gasteiger partial charge in [-0.05, 0) is 12.8 Å². The molecule has 210 valence electrons. The third-order valence-electron chi connectivity index (χ3n) is 5.91. The molecule has 0 spiro atoms. The summed E-state index contributed by atoms with van der Waals surface area (Å²) < 4.78 is 1.17. The molecule has 0 fully saturated rings. The van der Waals surface area contributed by atoms with E-state index in [1.54, 1.807) is 48.5 Å². The first-order chi connectivity index (χ1) is 18.3. The van der Waals surface area contributed by atoms with Crippen molar-refractivity contribution >= 4 is 36.4 Å². The maximum Gasteiger partial charge on any atom is 0.215 e. The second-order valence-electron chi connectivity index (χ2n) is 9.31. The fourth-order valence-corrected chi connectivity index (χ4v) is 3.60. The van der Waals surface area contributed by atoms with Gasteiger partial charge in [0.1, 0.15) is 13.4 Å². The molecule has 0 radical (unpaired) electrons. The smallest absolute Gasteiger partial charge is 0.215 e. The van der Waals surface area contributed by atoms with Crippen LogP contribution in [0.2, 0.25) is 0 Å². The Bertz CT molecular complexity index is 823. The number of benzene rings is 2. The lowest BCUT2D eigenvalue weighted by molar-refractivity contribution is -0.350. The summed E-state index contributed by atoms with van der Waals surface area (Å²) in [5, 5.41) is 20.9. The summed E-state index contributed by atoms with van der Waals surface area (Å²) in [5.41, 5.74) is 1.16. The van der Waals surface area contributed by atoms with Crippen LogP contribution in [0.3, 0.4) is 0 Å². The van der Waals surface area contributed by atoms with Crippen LogP contribution < -0.4 is 0 Å². The van der Waals surface area contributed by atoms with Crippen molar-refractivity contribution in [1.82, 2.24) is 0 Å². The molecule has 6 nitrogen and oxygen atoms in total. The number of Topliss-reactive ketones (excluding diaryl/α,β-unsaturated/α-hetero) is 2. The first kappa shape index (κ1) is 34.7. The molecule has 0 saturated carbocycles. The molecule has 0 heterocycles. The quantitative estimate of drug-likeness (QED) is 0.0517. The highest BCUT2D eigenvalue weighted by molar-refractivity contribution is 6.37. The molecule has 6 heteroatoms. The van der Waals surface area contributed by atoms with E-state index in [2.05, 4.69) is 27.3 Å². The Morgan fingerprint density at radius 2 is 0.842 bits per heavy atom. The lowest BCUT2D eigenvalue weighted by Gasteiger charge is -2.02. The largest absolute Gasteiger partial charge is 0.619 e. The Labute approximate surface area is 230 Å². The molecule has 0 atom stereocenters. The van der Waals surface area contributed by atoms with E-state index >= 15 is 0 Å². The van der Waals surface area contributed by atoms with Crippen molar-refractivity contribution in [2.45, 2.75) is 104 Å². The minimum absolute atomic E-state index is 0.131. The highest BCUT2D eigenvalue weighted by Crippen LogP contribution is 2.11. The molecule has 0 amide bonds. The van der Waals surface area contributed by atoms with Crippen LogP contribution in [0.25, 0.3) is 0 Å². The molecule has 0 bridgehead atoms. The van der Waals surface area contributed by atoms with E-state index in [4.69, 9.17) is 0 Å². The van der Waals surface area contributed by atoms with Crippen molar-refractivity contribution in [2.75, 3.05) is 0 Å². The molecular formula is C32H48N2O4. The SMILES string of the molecule is C=[N+]([O-])c1ccccc1.C=[N+]([O-])c1ccccc1.CCCCCCCCC(=O)C(=O)CCCCCCCC. The topological polar surface area (TPSA) is 86.3 Å². The van der Waals surface area contributed by atoms with E-state index in [-0.39, 0.29) is 11.6 Å². The molecule has 2 aromatic carbocycles. The predicted octanol–water partition coefficient (Wildman–Crippen LogP) is 8.68. The molecule has 0 N–H and O–H groups in total. The first-order valence-corrected chi connectivity index (χ1v) is 14.0. The number of carbonyl (C=O) groups is 2. The molecule has 2 rings (SSSR count). The highest BCUT2D eigenvalue weighted by Gasteiger charge is 2.12. The average Bonchev–Trinajstić information content (AvgIpc) is 2.94. The summed E-state index contributed by atoms with van der Waals surface area (Å²) in [7, 11) is 0. The van der Waals surface area contributed by atoms with Crippen LogP contribution in [-0.4, -0.2) is 34.5 Å². The summed E-state index contributed by atoms with van der Waals surface area (Å²) in [6.07, 6.45) is 14.9. The van der Waals surface area contributed by atoms with E-state index in [1.807, 2.05) is 12.1 Å². The number of hydrogen-bond donors (Lipinski definition) is 0. The molecule has 2 aromatic rings. The molecular weight excluding hydrogens is 476 g/mol. The molecule has 0 aliphatic carbocycles. The number of rotatable bonds is 17. The van der Waals surface area contributed by atoms with Crippen molar-refractivity contribution < 1.29 is 19.1 Å². The van der Waals surface area contributed by atoms with Gasteiger partial charge in [0.25, 0.3) is 0 Å². The van der Waals surface area contributed by atoms with Crippen LogP contribution in [0.15, 0.2) is 60.7 Å². The fraction of sp³-hybridized carbons (Fsp3) is 0.500. The molecule has 0 aromatic heterocycles. The summed E-state index contributed by atoms with van der Waals surface area (Å²) in [5.74, 6) is -0.261. The third kappa shape index (κ3) is 19.9. The van der Waals surface area contributed by atoms with Crippen molar-refractivity contribution in [2.24, 2.45) is 0 Å². The van der Waals surface area contributed by atoms with E-state index in [0.717, 1.165) is 25.7 Å². The monoisotopic (exact) mass is 524 g/mol. The lowest BCUT2D eigenvalue weighted by Crippen LogP contribution is -2.13. The highest BCUT2D eigenvalue weighted by atomic mass is 16.5. The van der Waals surface area contributed by atoms with Crippen LogP contribution in [0.1, 0.15) is 104 Å². The Morgan fingerprint density at radius 3 is 1.11 bits per heavy atom. The maximum absolute atomic E-state index is 11.6. The van der Waals surface area contributed by atoms with Gasteiger partial charge in [-0.25, -0.2) is 0 Å². The van der Waals surface area contributed by atoms with Gasteiger partial charge >= 0.3 is 0 Å². The van der Waals surface area contributed by atoms with Crippen LogP contribution in [0.4, 0.5) is 11.4 Å². The molecule has 0 aliphatic rings. The fourth-order valence-electron chi connectivity index (χ4n) is 3.60. The van der Waals surface area contributed by atoms with Gasteiger partial charge in [-0.3, -0.25) is 9.59 Å². The van der Waals surface area contributed by atoms with Crippen LogP contribution in [0, 0.1) is 10.4 Å². The van der Waals surface area contributed by atoms with Crippen LogP contribution in [-0.2, 0) is 9.59 Å².